The molecule has 0 saturated heterocycles. The highest BCUT2D eigenvalue weighted by Gasteiger charge is 2.16. The van der Waals surface area contributed by atoms with Gasteiger partial charge < -0.3 is 14.6 Å². The Balaban J connectivity index is 4.27. The maximum absolute atomic E-state index is 12.5. The summed E-state index contributed by atoms with van der Waals surface area (Å²) in [6.07, 6.45) is 34.6. The lowest BCUT2D eigenvalue weighted by atomic mass is 10.1. The van der Waals surface area contributed by atoms with Gasteiger partial charge in [0.25, 0.3) is 0 Å². The molecule has 1 unspecified atom stereocenters. The van der Waals surface area contributed by atoms with Crippen LogP contribution in [0.15, 0.2) is 36.5 Å². The molecule has 1 atom stereocenters. The summed E-state index contributed by atoms with van der Waals surface area (Å²) in [6.45, 7) is -2.59. The number of carbonyl (C=O) groups excluding carboxylic acids is 2. The fourth-order valence-electron chi connectivity index (χ4n) is 4.81. The van der Waals surface area contributed by atoms with Gasteiger partial charge >= 0.3 is 11.9 Å². The molecule has 0 aromatic carbocycles. The van der Waals surface area contributed by atoms with Gasteiger partial charge in [0.05, 0.1) is 13.4 Å². The molecule has 256 valence electrons. The number of rotatable bonds is 33. The van der Waals surface area contributed by atoms with Crippen LogP contribution in [0.25, 0.3) is 0 Å². The van der Waals surface area contributed by atoms with Crippen molar-refractivity contribution >= 4 is 11.9 Å². The van der Waals surface area contributed by atoms with Crippen LogP contribution < -0.4 is 0 Å². The Morgan fingerprint density at radius 2 is 0.977 bits per heavy atom. The van der Waals surface area contributed by atoms with Gasteiger partial charge in [0, 0.05) is 12.8 Å². The molecule has 0 bridgehead atoms. The summed E-state index contributed by atoms with van der Waals surface area (Å²) in [4.78, 5) is 24.8. The first-order valence-electron chi connectivity index (χ1n) is 20.5. The van der Waals surface area contributed by atoms with E-state index >= 15 is 0 Å². The molecule has 0 aromatic heterocycles. The highest BCUT2D eigenvalue weighted by Crippen LogP contribution is 2.12. The molecule has 0 aliphatic rings. The van der Waals surface area contributed by atoms with Gasteiger partial charge in [-0.3, -0.25) is 9.59 Å². The lowest BCUT2D eigenvalue weighted by molar-refractivity contribution is -0.161. The normalized spacial score (nSPS) is 15.6. The fraction of sp³-hybridized carbons (Fsp3) is 0.795. The van der Waals surface area contributed by atoms with E-state index in [0.29, 0.717) is 19.3 Å². The monoisotopic (exact) mass is 624 g/mol. The molecule has 0 amide bonds. The van der Waals surface area contributed by atoms with Crippen LogP contribution in [-0.2, 0) is 19.1 Å². The minimum Gasteiger partial charge on any atom is -0.462 e. The third-order valence-electron chi connectivity index (χ3n) is 7.55. The van der Waals surface area contributed by atoms with Gasteiger partial charge in [0.1, 0.15) is 6.56 Å². The summed E-state index contributed by atoms with van der Waals surface area (Å²) in [5, 5.41) is 9.98. The number of carbonyl (C=O) groups is 2. The highest BCUT2D eigenvalue weighted by molar-refractivity contribution is 5.70. The molecule has 0 rings (SSSR count). The van der Waals surface area contributed by atoms with Crippen LogP contribution in [0.3, 0.4) is 0 Å². The molecule has 5 heteroatoms. The molecule has 0 aromatic rings. The van der Waals surface area contributed by atoms with Crippen LogP contribution in [0.2, 0.25) is 0 Å². The second kappa shape index (κ2) is 35.6. The molecule has 44 heavy (non-hydrogen) atoms. The summed E-state index contributed by atoms with van der Waals surface area (Å²) in [5.74, 6) is -2.01. The van der Waals surface area contributed by atoms with Crippen molar-refractivity contribution in [2.45, 2.75) is 187 Å². The standard InChI is InChI=1S/C39H70O5/c1-3-5-7-9-11-13-15-17-19-21-23-25-27-29-31-33-38(41)43-36-37(35-40)44-39(42)34-32-30-28-26-24-22-20-18-16-14-12-10-8-6-4-2/h12,14,17-20,37,40H,3-11,13,15-16,21-36H2,1-2H3/b14-12-,19-17-,20-18-/i35D2,36D2,37D. The zero-order valence-corrected chi connectivity index (χ0v) is 28.4. The highest BCUT2D eigenvalue weighted by atomic mass is 16.6. The SMILES string of the molecule is [2H]C([2H])(O)C([2H])(OC(=O)CCCCCCC/C=C\C/C=C\CCCCC)C([2H])([2H])OC(=O)CCCCCCC/C=C\CCCCCCCC. The fourth-order valence-corrected chi connectivity index (χ4v) is 4.81. The van der Waals surface area contributed by atoms with E-state index in [1.165, 1.54) is 57.8 Å². The van der Waals surface area contributed by atoms with Crippen molar-refractivity contribution in [1.29, 1.82) is 0 Å². The van der Waals surface area contributed by atoms with Crippen LogP contribution in [0.1, 0.15) is 188 Å². The number of hydrogen-bond acceptors (Lipinski definition) is 5. The summed E-state index contributed by atoms with van der Waals surface area (Å²) < 4.78 is 49.3. The van der Waals surface area contributed by atoms with Gasteiger partial charge in [-0.05, 0) is 70.6 Å². The van der Waals surface area contributed by atoms with Gasteiger partial charge in [-0.25, -0.2) is 0 Å². The maximum Gasteiger partial charge on any atom is 0.306 e. The topological polar surface area (TPSA) is 72.8 Å². The van der Waals surface area contributed by atoms with Gasteiger partial charge in [-0.2, -0.15) is 0 Å². The first-order chi connectivity index (χ1) is 23.4. The van der Waals surface area contributed by atoms with Gasteiger partial charge in [0.2, 0.25) is 0 Å². The smallest absolute Gasteiger partial charge is 0.306 e. The van der Waals surface area contributed by atoms with Gasteiger partial charge in [0.15, 0.2) is 6.08 Å². The molecular weight excluding hydrogens is 548 g/mol. The summed E-state index contributed by atoms with van der Waals surface area (Å²) in [7, 11) is 0. The average molecular weight is 624 g/mol. The Labute approximate surface area is 279 Å². The van der Waals surface area contributed by atoms with Crippen molar-refractivity contribution < 1.29 is 31.0 Å². The Bertz CT molecular complexity index is 916. The lowest BCUT2D eigenvalue weighted by Gasteiger charge is -2.15. The van der Waals surface area contributed by atoms with Crippen LogP contribution in [-0.4, -0.2) is 36.2 Å². The van der Waals surface area contributed by atoms with E-state index in [2.05, 4.69) is 50.3 Å². The van der Waals surface area contributed by atoms with Crippen molar-refractivity contribution in [3.63, 3.8) is 0 Å². The zero-order chi connectivity index (χ0) is 36.7. The van der Waals surface area contributed by atoms with E-state index in [9.17, 15) is 14.7 Å². The van der Waals surface area contributed by atoms with E-state index in [4.69, 9.17) is 16.3 Å². The number of esters is 2. The molecule has 0 aliphatic heterocycles. The van der Waals surface area contributed by atoms with Gasteiger partial charge in [-0.15, -0.1) is 0 Å². The Hall–Kier alpha value is -1.88. The average Bonchev–Trinajstić information content (AvgIpc) is 3.03. The van der Waals surface area contributed by atoms with Gasteiger partial charge in [-0.1, -0.05) is 134 Å². The van der Waals surface area contributed by atoms with E-state index < -0.39 is 31.1 Å². The second-order valence-corrected chi connectivity index (χ2v) is 11.8. The van der Waals surface area contributed by atoms with Crippen LogP contribution in [0, 0.1) is 0 Å². The van der Waals surface area contributed by atoms with Crippen molar-refractivity contribution in [2.24, 2.45) is 0 Å². The Kier molecular flexibility index (Phi) is 27.1. The van der Waals surface area contributed by atoms with Crippen molar-refractivity contribution in [1.82, 2.24) is 0 Å². The molecular formula is C39H70O5. The molecule has 0 heterocycles. The molecule has 5 nitrogen and oxygen atoms in total. The molecule has 0 spiro atoms. The molecule has 1 N–H and O–H groups in total. The minimum atomic E-state index is -3.62. The summed E-state index contributed by atoms with van der Waals surface area (Å²) >= 11 is 0. The number of aliphatic hydroxyl groups is 1. The number of unbranched alkanes of at least 4 members (excludes halogenated alkanes) is 19. The molecule has 0 fully saturated rings. The first kappa shape index (κ1) is 33.5. The molecule has 0 aliphatic carbocycles. The zero-order valence-electron chi connectivity index (χ0n) is 33.4. The van der Waals surface area contributed by atoms with Crippen LogP contribution >= 0.6 is 0 Å². The van der Waals surface area contributed by atoms with E-state index in [0.717, 1.165) is 77.0 Å². The summed E-state index contributed by atoms with van der Waals surface area (Å²) in [5.41, 5.74) is 0. The number of ether oxygens (including phenoxy) is 2. The number of hydrogen-bond donors (Lipinski definition) is 1. The predicted octanol–water partition coefficient (Wildman–Crippen LogP) is 11.3. The largest absolute Gasteiger partial charge is 0.462 e. The molecule has 0 radical (unpaired) electrons. The minimum absolute atomic E-state index is 0.123. The lowest BCUT2D eigenvalue weighted by Crippen LogP contribution is -2.28. The second-order valence-electron chi connectivity index (χ2n) is 11.8. The third kappa shape index (κ3) is 33.0. The van der Waals surface area contributed by atoms with Crippen molar-refractivity contribution in [3.8, 4) is 0 Å². The van der Waals surface area contributed by atoms with Crippen LogP contribution in [0.5, 0.6) is 0 Å². The Morgan fingerprint density at radius 1 is 0.591 bits per heavy atom. The van der Waals surface area contributed by atoms with E-state index in [1.807, 2.05) is 0 Å². The van der Waals surface area contributed by atoms with Crippen molar-refractivity contribution in [2.75, 3.05) is 13.1 Å². The van der Waals surface area contributed by atoms with Crippen LogP contribution in [0.4, 0.5) is 0 Å². The third-order valence-corrected chi connectivity index (χ3v) is 7.55. The van der Waals surface area contributed by atoms with E-state index in [1.54, 1.807) is 0 Å². The Morgan fingerprint density at radius 3 is 1.48 bits per heavy atom. The molecule has 0 saturated carbocycles. The first-order valence-corrected chi connectivity index (χ1v) is 18.0. The quantitative estimate of drug-likeness (QED) is 0.0447. The summed E-state index contributed by atoms with van der Waals surface area (Å²) in [6, 6.07) is 0. The number of allylic oxidation sites excluding steroid dienone is 6. The van der Waals surface area contributed by atoms with Crippen molar-refractivity contribution in [3.05, 3.63) is 36.5 Å². The maximum atomic E-state index is 12.5. The van der Waals surface area contributed by atoms with E-state index in [-0.39, 0.29) is 12.8 Å². The predicted molar refractivity (Wildman–Crippen MR) is 187 cm³/mol.